The Morgan fingerprint density at radius 2 is 1.81 bits per heavy atom. The molecule has 2 N–H and O–H groups in total. The summed E-state index contributed by atoms with van der Waals surface area (Å²) < 4.78 is 10.5. The number of hydrogen-bond donors (Lipinski definition) is 1. The summed E-state index contributed by atoms with van der Waals surface area (Å²) in [6.45, 7) is 10.1. The highest BCUT2D eigenvalue weighted by Crippen LogP contribution is 2.25. The molecule has 6 heteroatoms. The van der Waals surface area contributed by atoms with Crippen molar-refractivity contribution in [3.05, 3.63) is 11.4 Å². The fraction of sp³-hybridized carbons (Fsp3) is 0.733. The second kappa shape index (κ2) is 8.14. The van der Waals surface area contributed by atoms with Crippen molar-refractivity contribution in [3.8, 4) is 0 Å². The molecule has 0 fully saturated rings. The van der Waals surface area contributed by atoms with Gasteiger partial charge in [0.2, 0.25) is 0 Å². The van der Waals surface area contributed by atoms with Gasteiger partial charge >= 0.3 is 0 Å². The molecule has 1 rings (SSSR count). The van der Waals surface area contributed by atoms with Gasteiger partial charge in [-0.3, -0.25) is 0 Å². The second-order valence-electron chi connectivity index (χ2n) is 5.56. The highest BCUT2D eigenvalue weighted by atomic mass is 16.5. The van der Waals surface area contributed by atoms with E-state index in [1.165, 1.54) is 0 Å². The minimum atomic E-state index is 0.179. The third kappa shape index (κ3) is 4.54. The molecular formula is C15H28N4O2. The second-order valence-corrected chi connectivity index (χ2v) is 5.56. The van der Waals surface area contributed by atoms with Gasteiger partial charge in [0, 0.05) is 32.2 Å². The lowest BCUT2D eigenvalue weighted by Gasteiger charge is -2.31. The average molecular weight is 296 g/mol. The Labute approximate surface area is 127 Å². The number of nitrogens with two attached hydrogens (primary N) is 1. The van der Waals surface area contributed by atoms with Crippen LogP contribution >= 0.6 is 0 Å². The highest BCUT2D eigenvalue weighted by Gasteiger charge is 2.21. The van der Waals surface area contributed by atoms with Crippen molar-refractivity contribution in [1.82, 2.24) is 9.97 Å². The van der Waals surface area contributed by atoms with Gasteiger partial charge in [-0.15, -0.1) is 0 Å². The van der Waals surface area contributed by atoms with Crippen molar-refractivity contribution in [1.29, 1.82) is 0 Å². The number of hydrogen-bond acceptors (Lipinski definition) is 6. The van der Waals surface area contributed by atoms with Gasteiger partial charge in [-0.1, -0.05) is 13.8 Å². The van der Waals surface area contributed by atoms with Crippen LogP contribution in [0.4, 0.5) is 11.6 Å². The molecule has 0 aromatic carbocycles. The summed E-state index contributed by atoms with van der Waals surface area (Å²) in [6, 6.07) is 0.179. The molecule has 0 saturated carbocycles. The highest BCUT2D eigenvalue weighted by molar-refractivity contribution is 5.57. The van der Waals surface area contributed by atoms with Gasteiger partial charge in [-0.25, -0.2) is 9.97 Å². The lowest BCUT2D eigenvalue weighted by molar-refractivity contribution is 0.170. The third-order valence-corrected chi connectivity index (χ3v) is 3.44. The summed E-state index contributed by atoms with van der Waals surface area (Å²) in [5, 5.41) is 0. The zero-order valence-electron chi connectivity index (χ0n) is 14.0. The quantitative estimate of drug-likeness (QED) is 0.790. The maximum absolute atomic E-state index is 6.06. The topological polar surface area (TPSA) is 73.5 Å². The third-order valence-electron chi connectivity index (χ3n) is 3.44. The van der Waals surface area contributed by atoms with Gasteiger partial charge in [-0.05, 0) is 13.8 Å². The Hall–Kier alpha value is -1.40. The van der Waals surface area contributed by atoms with E-state index in [9.17, 15) is 0 Å². The maximum atomic E-state index is 6.06. The SMILES string of the molecule is COCCN(c1nc(C(C)C)nc(N)c1C)C(C)COC. The number of nitrogen functional groups attached to an aromatic ring is 1. The van der Waals surface area contributed by atoms with Crippen LogP contribution in [0.2, 0.25) is 0 Å². The normalized spacial score (nSPS) is 12.7. The Kier molecular flexibility index (Phi) is 6.84. The lowest BCUT2D eigenvalue weighted by atomic mass is 10.1. The predicted octanol–water partition coefficient (Wildman–Crippen LogP) is 1.98. The number of anilines is 2. The van der Waals surface area contributed by atoms with Crippen LogP contribution in [-0.4, -0.2) is 50.0 Å². The average Bonchev–Trinajstić information content (AvgIpc) is 2.43. The van der Waals surface area contributed by atoms with E-state index in [4.69, 9.17) is 20.2 Å². The van der Waals surface area contributed by atoms with Gasteiger partial charge in [-0.2, -0.15) is 0 Å². The van der Waals surface area contributed by atoms with Crippen LogP contribution in [0.25, 0.3) is 0 Å². The van der Waals surface area contributed by atoms with E-state index < -0.39 is 0 Å². The van der Waals surface area contributed by atoms with E-state index in [1.54, 1.807) is 14.2 Å². The molecule has 0 bridgehead atoms. The summed E-state index contributed by atoms with van der Waals surface area (Å²) in [5.74, 6) is 2.40. The number of rotatable bonds is 8. The van der Waals surface area contributed by atoms with Crippen molar-refractivity contribution in [3.63, 3.8) is 0 Å². The molecule has 0 aliphatic heterocycles. The van der Waals surface area contributed by atoms with E-state index in [0.29, 0.717) is 19.0 Å². The van der Waals surface area contributed by atoms with Crippen LogP contribution in [-0.2, 0) is 9.47 Å². The van der Waals surface area contributed by atoms with Crippen molar-refractivity contribution in [2.45, 2.75) is 39.7 Å². The van der Waals surface area contributed by atoms with Gasteiger partial charge in [0.15, 0.2) is 0 Å². The minimum absolute atomic E-state index is 0.179. The van der Waals surface area contributed by atoms with Gasteiger partial charge in [0.05, 0.1) is 19.3 Å². The number of methoxy groups -OCH3 is 2. The smallest absolute Gasteiger partial charge is 0.137 e. The van der Waals surface area contributed by atoms with E-state index >= 15 is 0 Å². The Morgan fingerprint density at radius 1 is 1.14 bits per heavy atom. The molecular weight excluding hydrogens is 268 g/mol. The Bertz CT molecular complexity index is 452. The minimum Gasteiger partial charge on any atom is -0.383 e. The molecule has 0 amide bonds. The Balaban J connectivity index is 3.21. The van der Waals surface area contributed by atoms with Crippen molar-refractivity contribution < 1.29 is 9.47 Å². The van der Waals surface area contributed by atoms with Gasteiger partial charge in [0.1, 0.15) is 17.5 Å². The van der Waals surface area contributed by atoms with E-state index in [-0.39, 0.29) is 12.0 Å². The molecule has 0 spiro atoms. The zero-order valence-corrected chi connectivity index (χ0v) is 14.0. The van der Waals surface area contributed by atoms with E-state index in [2.05, 4.69) is 30.7 Å². The molecule has 120 valence electrons. The van der Waals surface area contributed by atoms with Crippen LogP contribution in [0, 0.1) is 6.92 Å². The maximum Gasteiger partial charge on any atom is 0.137 e. The summed E-state index contributed by atoms with van der Waals surface area (Å²) >= 11 is 0. The number of ether oxygens (including phenoxy) is 2. The molecule has 1 atom stereocenters. The van der Waals surface area contributed by atoms with Crippen molar-refractivity contribution in [2.75, 3.05) is 44.6 Å². The van der Waals surface area contributed by atoms with Crippen LogP contribution in [0.1, 0.15) is 38.1 Å². The predicted molar refractivity (Wildman–Crippen MR) is 85.8 cm³/mol. The number of aromatic nitrogens is 2. The van der Waals surface area contributed by atoms with Gasteiger partial charge in [0.25, 0.3) is 0 Å². The first-order chi connectivity index (χ1) is 9.92. The van der Waals surface area contributed by atoms with Crippen LogP contribution in [0.3, 0.4) is 0 Å². The van der Waals surface area contributed by atoms with E-state index in [0.717, 1.165) is 23.8 Å². The molecule has 0 saturated heterocycles. The van der Waals surface area contributed by atoms with Gasteiger partial charge < -0.3 is 20.1 Å². The molecule has 21 heavy (non-hydrogen) atoms. The monoisotopic (exact) mass is 296 g/mol. The van der Waals surface area contributed by atoms with Crippen molar-refractivity contribution >= 4 is 11.6 Å². The van der Waals surface area contributed by atoms with Crippen LogP contribution in [0.5, 0.6) is 0 Å². The molecule has 6 nitrogen and oxygen atoms in total. The fourth-order valence-electron chi connectivity index (χ4n) is 2.13. The van der Waals surface area contributed by atoms with Crippen LogP contribution in [0.15, 0.2) is 0 Å². The van der Waals surface area contributed by atoms with Crippen LogP contribution < -0.4 is 10.6 Å². The summed E-state index contributed by atoms with van der Waals surface area (Å²) in [5.41, 5.74) is 6.96. The lowest BCUT2D eigenvalue weighted by Crippen LogP contribution is -2.40. The standard InChI is InChI=1S/C15H28N4O2/c1-10(2)14-17-13(16)12(4)15(18-14)19(7-8-20-5)11(3)9-21-6/h10-11H,7-9H2,1-6H3,(H2,16,17,18). The Morgan fingerprint density at radius 3 is 2.33 bits per heavy atom. The first-order valence-electron chi connectivity index (χ1n) is 7.30. The van der Waals surface area contributed by atoms with Crippen molar-refractivity contribution in [2.24, 2.45) is 0 Å². The summed E-state index contributed by atoms with van der Waals surface area (Å²) in [4.78, 5) is 11.3. The summed E-state index contributed by atoms with van der Waals surface area (Å²) in [6.07, 6.45) is 0. The summed E-state index contributed by atoms with van der Waals surface area (Å²) in [7, 11) is 3.39. The first-order valence-corrected chi connectivity index (χ1v) is 7.30. The fourth-order valence-corrected chi connectivity index (χ4v) is 2.13. The number of nitrogens with zero attached hydrogens (tertiary/aromatic N) is 3. The van der Waals surface area contributed by atoms with E-state index in [1.807, 2.05) is 6.92 Å². The first kappa shape index (κ1) is 17.7. The largest absolute Gasteiger partial charge is 0.383 e. The zero-order chi connectivity index (χ0) is 16.0. The molecule has 0 radical (unpaired) electrons. The molecule has 0 aliphatic rings. The molecule has 1 unspecified atom stereocenters. The molecule has 0 aliphatic carbocycles. The molecule has 1 aromatic heterocycles. The molecule has 1 aromatic rings. The molecule has 1 heterocycles.